The van der Waals surface area contributed by atoms with Crippen LogP contribution in [-0.4, -0.2) is 65.9 Å². The molecule has 1 aromatic rings. The van der Waals surface area contributed by atoms with E-state index in [-0.39, 0.29) is 36.4 Å². The first-order valence-corrected chi connectivity index (χ1v) is 9.69. The van der Waals surface area contributed by atoms with Gasteiger partial charge in [-0.15, -0.1) is 0 Å². The first-order chi connectivity index (χ1) is 13.1. The first kappa shape index (κ1) is 18.0. The average molecular weight is 371 g/mol. The summed E-state index contributed by atoms with van der Waals surface area (Å²) in [5.74, 6) is -0.0596. The summed E-state index contributed by atoms with van der Waals surface area (Å²) >= 11 is 0. The molecule has 7 heteroatoms. The Balaban J connectivity index is 1.34. The van der Waals surface area contributed by atoms with Crippen molar-refractivity contribution >= 4 is 17.7 Å². The molecule has 27 heavy (non-hydrogen) atoms. The van der Waals surface area contributed by atoms with Crippen LogP contribution in [0.15, 0.2) is 24.3 Å². The van der Waals surface area contributed by atoms with Crippen molar-refractivity contribution in [1.29, 1.82) is 0 Å². The molecule has 0 bridgehead atoms. The Kier molecular flexibility index (Phi) is 5.11. The van der Waals surface area contributed by atoms with Crippen LogP contribution in [0.5, 0.6) is 0 Å². The molecule has 3 aliphatic rings. The summed E-state index contributed by atoms with van der Waals surface area (Å²) < 4.78 is 5.51. The monoisotopic (exact) mass is 371 g/mol. The Bertz CT molecular complexity index is 727. The van der Waals surface area contributed by atoms with Crippen LogP contribution in [0, 0.1) is 0 Å². The van der Waals surface area contributed by atoms with Gasteiger partial charge in [-0.3, -0.25) is 14.4 Å². The smallest absolute Gasteiger partial charge is 0.251 e. The zero-order chi connectivity index (χ0) is 18.8. The molecule has 1 N–H and O–H groups in total. The van der Waals surface area contributed by atoms with Crippen LogP contribution < -0.4 is 5.32 Å². The van der Waals surface area contributed by atoms with Crippen molar-refractivity contribution in [1.82, 2.24) is 15.1 Å². The number of fused-ring (bicyclic) bond motifs is 1. The molecule has 0 saturated carbocycles. The minimum absolute atomic E-state index is 0.0298. The number of piperazine rings is 1. The van der Waals surface area contributed by atoms with E-state index in [4.69, 9.17) is 4.74 Å². The van der Waals surface area contributed by atoms with Crippen LogP contribution in [0.3, 0.4) is 0 Å². The van der Waals surface area contributed by atoms with Crippen molar-refractivity contribution in [2.45, 2.75) is 44.4 Å². The molecule has 0 radical (unpaired) electrons. The number of nitrogens with zero attached hydrogens (tertiary/aromatic N) is 2. The summed E-state index contributed by atoms with van der Waals surface area (Å²) in [6.07, 6.45) is 3.80. The van der Waals surface area contributed by atoms with Gasteiger partial charge in [-0.05, 0) is 43.4 Å². The lowest BCUT2D eigenvalue weighted by molar-refractivity contribution is -0.154. The van der Waals surface area contributed by atoms with Crippen LogP contribution in [0.1, 0.15) is 41.6 Å². The Hall–Kier alpha value is -2.41. The fourth-order valence-electron chi connectivity index (χ4n) is 4.09. The SMILES string of the molecule is O=C(NCC1CCCO1)c1ccc(CN2CC(=O)N3CCCC3C2=O)cc1. The topological polar surface area (TPSA) is 79.0 Å². The molecule has 3 heterocycles. The fraction of sp³-hybridized carbons (Fsp3) is 0.550. The molecule has 2 atom stereocenters. The van der Waals surface area contributed by atoms with Crippen molar-refractivity contribution in [3.8, 4) is 0 Å². The second-order valence-corrected chi connectivity index (χ2v) is 7.48. The third-order valence-corrected chi connectivity index (χ3v) is 5.60. The van der Waals surface area contributed by atoms with Crippen molar-refractivity contribution in [2.75, 3.05) is 26.2 Å². The molecule has 1 aromatic carbocycles. The molecule has 0 aromatic heterocycles. The third kappa shape index (κ3) is 3.83. The van der Waals surface area contributed by atoms with E-state index in [1.54, 1.807) is 21.9 Å². The summed E-state index contributed by atoms with van der Waals surface area (Å²) in [6.45, 7) is 2.53. The molecule has 0 spiro atoms. The van der Waals surface area contributed by atoms with Crippen molar-refractivity contribution in [3.05, 3.63) is 35.4 Å². The van der Waals surface area contributed by atoms with E-state index in [0.717, 1.165) is 37.9 Å². The van der Waals surface area contributed by atoms with Gasteiger partial charge in [0.15, 0.2) is 0 Å². The second kappa shape index (κ2) is 7.68. The van der Waals surface area contributed by atoms with Crippen molar-refractivity contribution < 1.29 is 19.1 Å². The van der Waals surface area contributed by atoms with Crippen LogP contribution in [0.2, 0.25) is 0 Å². The van der Waals surface area contributed by atoms with Crippen molar-refractivity contribution in [3.63, 3.8) is 0 Å². The molecule has 144 valence electrons. The molecular weight excluding hydrogens is 346 g/mol. The first-order valence-electron chi connectivity index (χ1n) is 9.69. The molecule has 3 amide bonds. The Labute approximate surface area is 158 Å². The standard InChI is InChI=1S/C20H25N3O4/c24-18-13-22(20(26)17-4-1-9-23(17)18)12-14-5-7-15(8-6-14)19(25)21-11-16-3-2-10-27-16/h5-8,16-17H,1-4,9-13H2,(H,21,25). The number of hydrogen-bond acceptors (Lipinski definition) is 4. The maximum atomic E-state index is 12.6. The quantitative estimate of drug-likeness (QED) is 0.835. The van der Waals surface area contributed by atoms with Crippen molar-refractivity contribution in [2.24, 2.45) is 0 Å². The van der Waals surface area contributed by atoms with Gasteiger partial charge in [0.2, 0.25) is 11.8 Å². The van der Waals surface area contributed by atoms with E-state index in [1.807, 2.05) is 12.1 Å². The van der Waals surface area contributed by atoms with E-state index in [2.05, 4.69) is 5.32 Å². The largest absolute Gasteiger partial charge is 0.376 e. The van der Waals surface area contributed by atoms with E-state index >= 15 is 0 Å². The van der Waals surface area contributed by atoms with Gasteiger partial charge in [0, 0.05) is 31.8 Å². The number of benzene rings is 1. The van der Waals surface area contributed by atoms with E-state index in [9.17, 15) is 14.4 Å². The maximum Gasteiger partial charge on any atom is 0.251 e. The Morgan fingerprint density at radius 1 is 1.15 bits per heavy atom. The predicted molar refractivity (Wildman–Crippen MR) is 97.9 cm³/mol. The number of hydrogen-bond donors (Lipinski definition) is 1. The molecule has 7 nitrogen and oxygen atoms in total. The maximum absolute atomic E-state index is 12.6. The van der Waals surface area contributed by atoms with Gasteiger partial charge < -0.3 is 19.9 Å². The lowest BCUT2D eigenvalue weighted by Crippen LogP contribution is -2.56. The minimum Gasteiger partial charge on any atom is -0.376 e. The zero-order valence-corrected chi connectivity index (χ0v) is 15.4. The highest BCUT2D eigenvalue weighted by Gasteiger charge is 2.41. The van der Waals surface area contributed by atoms with E-state index in [1.165, 1.54) is 0 Å². The molecular formula is C20H25N3O4. The normalized spacial score (nSPS) is 25.0. The Morgan fingerprint density at radius 2 is 1.96 bits per heavy atom. The van der Waals surface area contributed by atoms with Gasteiger partial charge in [0.05, 0.1) is 6.10 Å². The number of amides is 3. The summed E-state index contributed by atoms with van der Waals surface area (Å²) in [5.41, 5.74) is 1.50. The van der Waals surface area contributed by atoms with E-state index in [0.29, 0.717) is 25.2 Å². The number of carbonyl (C=O) groups excluding carboxylic acids is 3. The Morgan fingerprint density at radius 3 is 2.70 bits per heavy atom. The third-order valence-electron chi connectivity index (χ3n) is 5.60. The summed E-state index contributed by atoms with van der Waals surface area (Å²) in [7, 11) is 0. The average Bonchev–Trinajstić information content (AvgIpc) is 3.36. The fourth-order valence-corrected chi connectivity index (χ4v) is 4.09. The number of ether oxygens (including phenoxy) is 1. The number of carbonyl (C=O) groups is 3. The molecule has 4 rings (SSSR count). The molecule has 0 aliphatic carbocycles. The molecule has 3 saturated heterocycles. The van der Waals surface area contributed by atoms with Crippen LogP contribution >= 0.6 is 0 Å². The summed E-state index contributed by atoms with van der Waals surface area (Å²) in [4.78, 5) is 40.4. The molecule has 3 fully saturated rings. The van der Waals surface area contributed by atoms with Gasteiger partial charge in [0.25, 0.3) is 5.91 Å². The summed E-state index contributed by atoms with van der Waals surface area (Å²) in [6, 6.07) is 6.94. The highest BCUT2D eigenvalue weighted by molar-refractivity contribution is 5.95. The number of rotatable bonds is 5. The van der Waals surface area contributed by atoms with Gasteiger partial charge in [0.1, 0.15) is 12.6 Å². The van der Waals surface area contributed by atoms with Gasteiger partial charge >= 0.3 is 0 Å². The zero-order valence-electron chi connectivity index (χ0n) is 15.4. The minimum atomic E-state index is -0.283. The highest BCUT2D eigenvalue weighted by atomic mass is 16.5. The van der Waals surface area contributed by atoms with Gasteiger partial charge in [-0.25, -0.2) is 0 Å². The lowest BCUT2D eigenvalue weighted by atomic mass is 10.1. The van der Waals surface area contributed by atoms with E-state index < -0.39 is 0 Å². The number of nitrogens with one attached hydrogen (secondary N) is 1. The van der Waals surface area contributed by atoms with Crippen LogP contribution in [0.4, 0.5) is 0 Å². The predicted octanol–water partition coefficient (Wildman–Crippen LogP) is 0.929. The highest BCUT2D eigenvalue weighted by Crippen LogP contribution is 2.24. The van der Waals surface area contributed by atoms with Gasteiger partial charge in [-0.1, -0.05) is 12.1 Å². The van der Waals surface area contributed by atoms with Crippen LogP contribution in [-0.2, 0) is 20.9 Å². The summed E-state index contributed by atoms with van der Waals surface area (Å²) in [5, 5.41) is 2.90. The lowest BCUT2D eigenvalue weighted by Gasteiger charge is -2.36. The molecule has 2 unspecified atom stereocenters. The molecule has 3 aliphatic heterocycles. The van der Waals surface area contributed by atoms with Crippen LogP contribution in [0.25, 0.3) is 0 Å². The second-order valence-electron chi connectivity index (χ2n) is 7.48. The van der Waals surface area contributed by atoms with Gasteiger partial charge in [-0.2, -0.15) is 0 Å².